The predicted octanol–water partition coefficient (Wildman–Crippen LogP) is 2.01. The number of anilines is 1. The summed E-state index contributed by atoms with van der Waals surface area (Å²) in [7, 11) is 1.79. The number of rotatable bonds is 5. The van der Waals surface area contributed by atoms with Crippen LogP contribution < -0.4 is 11.0 Å². The highest BCUT2D eigenvalue weighted by atomic mass is 16.5. The molecule has 1 unspecified atom stereocenters. The molecule has 2 heterocycles. The fourth-order valence-corrected chi connectivity index (χ4v) is 2.98. The highest BCUT2D eigenvalue weighted by Crippen LogP contribution is 2.19. The Kier molecular flexibility index (Phi) is 5.40. The average Bonchev–Trinajstić information content (AvgIpc) is 3.14. The van der Waals surface area contributed by atoms with Crippen LogP contribution in [-0.2, 0) is 16.6 Å². The number of aryl methyl sites for hydroxylation is 3. The van der Waals surface area contributed by atoms with Crippen LogP contribution in [0.2, 0.25) is 0 Å². The van der Waals surface area contributed by atoms with Crippen molar-refractivity contribution in [3.63, 3.8) is 0 Å². The molecule has 152 valence electrons. The highest BCUT2D eigenvalue weighted by molar-refractivity contribution is 5.98. The van der Waals surface area contributed by atoms with Crippen LogP contribution in [0.15, 0.2) is 35.3 Å². The Morgan fingerprint density at radius 3 is 2.34 bits per heavy atom. The zero-order chi connectivity index (χ0) is 21.3. The van der Waals surface area contributed by atoms with Gasteiger partial charge in [-0.25, -0.2) is 9.59 Å². The number of amides is 1. The second kappa shape index (κ2) is 7.78. The molecule has 1 aromatic carbocycles. The van der Waals surface area contributed by atoms with E-state index in [1.54, 1.807) is 56.0 Å². The van der Waals surface area contributed by atoms with Gasteiger partial charge in [0.15, 0.2) is 6.10 Å². The Hall–Kier alpha value is -3.62. The molecule has 0 aliphatic rings. The van der Waals surface area contributed by atoms with Crippen molar-refractivity contribution < 1.29 is 14.3 Å². The molecule has 1 amide bonds. The topological polar surface area (TPSA) is 111 Å². The number of aromatic amines is 1. The van der Waals surface area contributed by atoms with E-state index in [-0.39, 0.29) is 11.3 Å². The minimum absolute atomic E-state index is 0.260. The number of nitrogens with zero attached hydrogens (tertiary/aromatic N) is 3. The van der Waals surface area contributed by atoms with Crippen molar-refractivity contribution in [2.24, 2.45) is 7.05 Å². The van der Waals surface area contributed by atoms with Crippen LogP contribution in [0.5, 0.6) is 0 Å². The maximum absolute atomic E-state index is 12.4. The van der Waals surface area contributed by atoms with Crippen molar-refractivity contribution in [2.75, 3.05) is 5.32 Å². The van der Waals surface area contributed by atoms with Gasteiger partial charge in [0.05, 0.1) is 28.3 Å². The van der Waals surface area contributed by atoms with E-state index in [9.17, 15) is 14.4 Å². The van der Waals surface area contributed by atoms with Gasteiger partial charge in [0.25, 0.3) is 5.91 Å². The van der Waals surface area contributed by atoms with Crippen molar-refractivity contribution in [3.05, 3.63) is 63.6 Å². The van der Waals surface area contributed by atoms with Crippen molar-refractivity contribution in [3.8, 4) is 5.69 Å². The Morgan fingerprint density at radius 1 is 1.17 bits per heavy atom. The zero-order valence-corrected chi connectivity index (χ0v) is 16.9. The average molecular weight is 397 g/mol. The zero-order valence-electron chi connectivity index (χ0n) is 16.9. The summed E-state index contributed by atoms with van der Waals surface area (Å²) in [4.78, 5) is 39.2. The van der Waals surface area contributed by atoms with E-state index in [0.29, 0.717) is 17.1 Å². The summed E-state index contributed by atoms with van der Waals surface area (Å²) in [5, 5.41) is 7.00. The normalized spacial score (nSPS) is 11.9. The summed E-state index contributed by atoms with van der Waals surface area (Å²) >= 11 is 0. The number of ether oxygens (including phenoxy) is 1. The van der Waals surface area contributed by atoms with E-state index in [2.05, 4.69) is 15.4 Å². The van der Waals surface area contributed by atoms with Crippen LogP contribution in [-0.4, -0.2) is 37.3 Å². The molecule has 0 radical (unpaired) electrons. The summed E-state index contributed by atoms with van der Waals surface area (Å²) in [6, 6.07) is 6.39. The van der Waals surface area contributed by atoms with Crippen molar-refractivity contribution in [1.29, 1.82) is 0 Å². The lowest BCUT2D eigenvalue weighted by atomic mass is 10.2. The number of benzene rings is 1. The summed E-state index contributed by atoms with van der Waals surface area (Å²) in [5.41, 5.74) is 3.49. The number of hydrogen-bond donors (Lipinski definition) is 2. The molecule has 0 fully saturated rings. The van der Waals surface area contributed by atoms with Gasteiger partial charge in [0.2, 0.25) is 0 Å². The first-order valence-electron chi connectivity index (χ1n) is 9.08. The largest absolute Gasteiger partial charge is 0.449 e. The van der Waals surface area contributed by atoms with Crippen LogP contribution in [0.25, 0.3) is 5.69 Å². The minimum atomic E-state index is -0.990. The quantitative estimate of drug-likeness (QED) is 0.640. The lowest BCUT2D eigenvalue weighted by molar-refractivity contribution is -0.123. The molecule has 0 saturated carbocycles. The lowest BCUT2D eigenvalue weighted by Crippen LogP contribution is -2.30. The van der Waals surface area contributed by atoms with E-state index < -0.39 is 18.0 Å². The number of aromatic nitrogens is 4. The molecule has 9 nitrogen and oxygen atoms in total. The van der Waals surface area contributed by atoms with Gasteiger partial charge in [-0.2, -0.15) is 5.10 Å². The van der Waals surface area contributed by atoms with E-state index in [4.69, 9.17) is 4.74 Å². The smallest absolute Gasteiger partial charge is 0.338 e. The first kappa shape index (κ1) is 20.1. The maximum Gasteiger partial charge on any atom is 0.338 e. The maximum atomic E-state index is 12.4. The third-order valence-corrected chi connectivity index (χ3v) is 4.73. The molecule has 3 aromatic rings. The first-order chi connectivity index (χ1) is 13.7. The van der Waals surface area contributed by atoms with Gasteiger partial charge in [-0.15, -0.1) is 0 Å². The molecule has 1 atom stereocenters. The van der Waals surface area contributed by atoms with Crippen LogP contribution in [0.1, 0.15) is 34.4 Å². The lowest BCUT2D eigenvalue weighted by Gasteiger charge is -2.14. The second-order valence-electron chi connectivity index (χ2n) is 6.82. The van der Waals surface area contributed by atoms with Crippen LogP contribution in [0.3, 0.4) is 0 Å². The second-order valence-corrected chi connectivity index (χ2v) is 6.82. The van der Waals surface area contributed by atoms with Gasteiger partial charge >= 0.3 is 11.7 Å². The molecule has 0 bridgehead atoms. The fourth-order valence-electron chi connectivity index (χ4n) is 2.98. The monoisotopic (exact) mass is 397 g/mol. The van der Waals surface area contributed by atoms with Crippen molar-refractivity contribution >= 4 is 17.6 Å². The molecule has 3 rings (SSSR count). The summed E-state index contributed by atoms with van der Waals surface area (Å²) in [5.74, 6) is -1.07. The molecule has 0 saturated heterocycles. The molecule has 0 spiro atoms. The molecular weight excluding hydrogens is 374 g/mol. The van der Waals surface area contributed by atoms with Gasteiger partial charge in [-0.1, -0.05) is 0 Å². The predicted molar refractivity (Wildman–Crippen MR) is 107 cm³/mol. The fraction of sp³-hybridized carbons (Fsp3) is 0.300. The van der Waals surface area contributed by atoms with Gasteiger partial charge in [-0.3, -0.25) is 14.0 Å². The van der Waals surface area contributed by atoms with E-state index in [0.717, 1.165) is 11.4 Å². The van der Waals surface area contributed by atoms with E-state index in [1.165, 1.54) is 11.5 Å². The molecule has 2 N–H and O–H groups in total. The highest BCUT2D eigenvalue weighted by Gasteiger charge is 2.21. The SMILES string of the molecule is Cc1nn(C)c(C)c1NC(=O)C(C)OC(=O)c1ccc(-n2c(C)c[nH]c2=O)cc1. The van der Waals surface area contributed by atoms with E-state index in [1.807, 2.05) is 6.92 Å². The van der Waals surface area contributed by atoms with Gasteiger partial charge < -0.3 is 15.0 Å². The van der Waals surface area contributed by atoms with Gasteiger partial charge in [-0.05, 0) is 52.0 Å². The summed E-state index contributed by atoms with van der Waals surface area (Å²) in [6.07, 6.45) is 0.618. The van der Waals surface area contributed by atoms with Crippen molar-refractivity contribution in [1.82, 2.24) is 19.3 Å². The summed E-state index contributed by atoms with van der Waals surface area (Å²) < 4.78 is 8.44. The molecular formula is C20H23N5O4. The number of imidazole rings is 1. The minimum Gasteiger partial charge on any atom is -0.449 e. The van der Waals surface area contributed by atoms with E-state index >= 15 is 0 Å². The number of carbonyl (C=O) groups is 2. The molecule has 9 heteroatoms. The van der Waals surface area contributed by atoms with Crippen LogP contribution >= 0.6 is 0 Å². The first-order valence-corrected chi connectivity index (χ1v) is 9.08. The number of H-pyrrole nitrogens is 1. The van der Waals surface area contributed by atoms with Gasteiger partial charge in [0, 0.05) is 18.9 Å². The van der Waals surface area contributed by atoms with Crippen LogP contribution in [0, 0.1) is 20.8 Å². The third kappa shape index (κ3) is 3.98. The number of nitrogens with one attached hydrogen (secondary N) is 2. The Bertz CT molecular complexity index is 1120. The molecule has 29 heavy (non-hydrogen) atoms. The number of esters is 1. The van der Waals surface area contributed by atoms with Gasteiger partial charge in [0.1, 0.15) is 0 Å². The number of carbonyl (C=O) groups excluding carboxylic acids is 2. The Labute approximate surface area is 167 Å². The molecule has 2 aromatic heterocycles. The third-order valence-electron chi connectivity index (χ3n) is 4.73. The van der Waals surface area contributed by atoms with Crippen molar-refractivity contribution in [2.45, 2.75) is 33.8 Å². The summed E-state index contributed by atoms with van der Waals surface area (Å²) in [6.45, 7) is 6.93. The molecule has 0 aliphatic carbocycles. The number of hydrogen-bond acceptors (Lipinski definition) is 5. The molecule has 0 aliphatic heterocycles. The standard InChI is InChI=1S/C20H23N5O4/c1-11-10-21-20(28)25(11)16-8-6-15(7-9-16)19(27)29-14(4)18(26)22-17-12(2)23-24(5)13(17)3/h6-10,14H,1-5H3,(H,21,28)(H,22,26). The van der Waals surface area contributed by atoms with Crippen LogP contribution in [0.4, 0.5) is 5.69 Å². The Morgan fingerprint density at radius 2 is 1.83 bits per heavy atom. The Balaban J connectivity index is 1.68.